The number of anilines is 1. The van der Waals surface area contributed by atoms with E-state index in [1.807, 2.05) is 30.9 Å². The molecule has 1 aromatic carbocycles. The van der Waals surface area contributed by atoms with Crippen LogP contribution in [0.5, 0.6) is 0 Å². The number of nitrogens with zero attached hydrogens (tertiary/aromatic N) is 3. The number of aromatic amines is 1. The minimum absolute atomic E-state index is 0.0276. The van der Waals surface area contributed by atoms with E-state index in [9.17, 15) is 14.4 Å². The standard InChI is InChI=1S/C27H32ClN5O4/c1-16(34)17-5-8-32(9-6-17)24(35)13-33-15-27(2,3)37-14-23(33)26(36)31-21-11-18(28)10-20-19-4-7-29-12-22(19)30-25(20)21/h4,7,10-12,17,23,30H,5-6,8-9,13-15H2,1-3H3,(H,31,36)/t23-/m0/s1. The summed E-state index contributed by atoms with van der Waals surface area (Å²) in [7, 11) is 0. The molecule has 1 atom stereocenters. The van der Waals surface area contributed by atoms with Crippen LogP contribution in [0, 0.1) is 5.92 Å². The van der Waals surface area contributed by atoms with Crippen LogP contribution in [-0.4, -0.2) is 81.8 Å². The Bertz CT molecular complexity index is 1360. The lowest BCUT2D eigenvalue weighted by atomic mass is 9.93. The maximum absolute atomic E-state index is 13.6. The van der Waals surface area contributed by atoms with Crippen molar-refractivity contribution in [2.24, 2.45) is 5.92 Å². The van der Waals surface area contributed by atoms with Crippen LogP contribution in [0.1, 0.15) is 33.6 Å². The number of hydrogen-bond acceptors (Lipinski definition) is 6. The van der Waals surface area contributed by atoms with Gasteiger partial charge < -0.3 is 19.9 Å². The molecule has 196 valence electrons. The van der Waals surface area contributed by atoms with Crippen molar-refractivity contribution in [3.63, 3.8) is 0 Å². The van der Waals surface area contributed by atoms with Crippen LogP contribution >= 0.6 is 11.6 Å². The zero-order chi connectivity index (χ0) is 26.3. The van der Waals surface area contributed by atoms with Crippen molar-refractivity contribution < 1.29 is 19.1 Å². The van der Waals surface area contributed by atoms with Gasteiger partial charge in [-0.3, -0.25) is 24.3 Å². The number of rotatable bonds is 5. The van der Waals surface area contributed by atoms with Gasteiger partial charge in [0.2, 0.25) is 11.8 Å². The minimum atomic E-state index is -0.646. The van der Waals surface area contributed by atoms with Crippen LogP contribution < -0.4 is 5.32 Å². The SMILES string of the molecule is CC(=O)C1CCN(C(=O)CN2CC(C)(C)OC[C@H]2C(=O)Nc2cc(Cl)cc3c2[nH]c2cnccc23)CC1. The second kappa shape index (κ2) is 10.0. The average molecular weight is 526 g/mol. The van der Waals surface area contributed by atoms with Crippen LogP contribution in [0.4, 0.5) is 5.69 Å². The molecule has 0 radical (unpaired) electrons. The van der Waals surface area contributed by atoms with Gasteiger partial charge in [-0.05, 0) is 51.8 Å². The summed E-state index contributed by atoms with van der Waals surface area (Å²) in [5.74, 6) is -0.0929. The maximum atomic E-state index is 13.6. The Kier molecular flexibility index (Phi) is 6.95. The lowest BCUT2D eigenvalue weighted by molar-refractivity contribution is -0.151. The number of benzene rings is 1. The molecule has 10 heteroatoms. The molecular weight excluding hydrogens is 494 g/mol. The topological polar surface area (TPSA) is 108 Å². The van der Waals surface area contributed by atoms with E-state index in [2.05, 4.69) is 15.3 Å². The van der Waals surface area contributed by atoms with Crippen molar-refractivity contribution in [3.8, 4) is 0 Å². The molecule has 9 nitrogen and oxygen atoms in total. The molecule has 2 amide bonds. The van der Waals surface area contributed by atoms with E-state index in [-0.39, 0.29) is 36.7 Å². The Labute approximate surface area is 220 Å². The predicted molar refractivity (Wildman–Crippen MR) is 143 cm³/mol. The highest BCUT2D eigenvalue weighted by Gasteiger charge is 2.39. The van der Waals surface area contributed by atoms with E-state index >= 15 is 0 Å². The number of ketones is 1. The first-order chi connectivity index (χ1) is 17.6. The third kappa shape index (κ3) is 5.35. The quantitative estimate of drug-likeness (QED) is 0.527. The lowest BCUT2D eigenvalue weighted by Gasteiger charge is -2.43. The van der Waals surface area contributed by atoms with E-state index in [0.29, 0.717) is 43.2 Å². The van der Waals surface area contributed by atoms with Crippen molar-refractivity contribution in [1.29, 1.82) is 0 Å². The third-order valence-electron chi connectivity index (χ3n) is 7.45. The zero-order valence-electron chi connectivity index (χ0n) is 21.3. The van der Waals surface area contributed by atoms with E-state index in [4.69, 9.17) is 16.3 Å². The molecule has 0 aliphatic carbocycles. The molecule has 37 heavy (non-hydrogen) atoms. The van der Waals surface area contributed by atoms with Crippen LogP contribution in [0.2, 0.25) is 5.02 Å². The fourth-order valence-corrected chi connectivity index (χ4v) is 5.62. The Morgan fingerprint density at radius 2 is 1.97 bits per heavy atom. The van der Waals surface area contributed by atoms with Crippen molar-refractivity contribution in [1.82, 2.24) is 19.8 Å². The number of aromatic nitrogens is 2. The summed E-state index contributed by atoms with van der Waals surface area (Å²) in [6, 6.07) is 4.83. The number of piperidine rings is 1. The molecule has 5 rings (SSSR count). The van der Waals surface area contributed by atoms with Crippen LogP contribution in [-0.2, 0) is 19.1 Å². The van der Waals surface area contributed by atoms with Crippen LogP contribution in [0.15, 0.2) is 30.6 Å². The Morgan fingerprint density at radius 3 is 2.70 bits per heavy atom. The molecule has 0 spiro atoms. The average Bonchev–Trinajstić information content (AvgIpc) is 3.22. The molecule has 0 unspecified atom stereocenters. The number of fused-ring (bicyclic) bond motifs is 3. The Hall–Kier alpha value is -3.01. The first-order valence-corrected chi connectivity index (χ1v) is 13.0. The van der Waals surface area contributed by atoms with Gasteiger partial charge >= 0.3 is 0 Å². The molecule has 3 aromatic rings. The minimum Gasteiger partial charge on any atom is -0.372 e. The van der Waals surface area contributed by atoms with Crippen molar-refractivity contribution >= 4 is 56.7 Å². The number of pyridine rings is 1. The number of amides is 2. The smallest absolute Gasteiger partial charge is 0.244 e. The molecule has 2 aliphatic heterocycles. The Morgan fingerprint density at radius 1 is 1.22 bits per heavy atom. The molecular formula is C27H32ClN5O4. The first-order valence-electron chi connectivity index (χ1n) is 12.6. The second-order valence-corrected chi connectivity index (χ2v) is 11.1. The summed E-state index contributed by atoms with van der Waals surface area (Å²) in [6.45, 7) is 7.35. The van der Waals surface area contributed by atoms with E-state index in [1.165, 1.54) is 0 Å². The third-order valence-corrected chi connectivity index (χ3v) is 7.67. The highest BCUT2D eigenvalue weighted by molar-refractivity contribution is 6.33. The van der Waals surface area contributed by atoms with E-state index in [0.717, 1.165) is 21.8 Å². The largest absolute Gasteiger partial charge is 0.372 e. The number of likely N-dealkylation sites (tertiary alicyclic amines) is 1. The number of hydrogen-bond donors (Lipinski definition) is 2. The van der Waals surface area contributed by atoms with Gasteiger partial charge in [-0.15, -0.1) is 0 Å². The highest BCUT2D eigenvalue weighted by Crippen LogP contribution is 2.33. The first kappa shape index (κ1) is 25.6. The number of morpholine rings is 1. The number of halogens is 1. The zero-order valence-corrected chi connectivity index (χ0v) is 22.1. The second-order valence-electron chi connectivity index (χ2n) is 10.7. The summed E-state index contributed by atoms with van der Waals surface area (Å²) in [5.41, 5.74) is 1.67. The molecule has 4 heterocycles. The van der Waals surface area contributed by atoms with Gasteiger partial charge in [-0.25, -0.2) is 0 Å². The van der Waals surface area contributed by atoms with Gasteiger partial charge in [-0.1, -0.05) is 11.6 Å². The number of nitrogens with one attached hydrogen (secondary N) is 2. The van der Waals surface area contributed by atoms with Gasteiger partial charge in [0.1, 0.15) is 11.8 Å². The molecule has 2 fully saturated rings. The van der Waals surface area contributed by atoms with Gasteiger partial charge in [0.25, 0.3) is 0 Å². The van der Waals surface area contributed by atoms with Gasteiger partial charge in [0, 0.05) is 47.5 Å². The molecule has 2 aliphatic rings. The Balaban J connectivity index is 1.35. The summed E-state index contributed by atoms with van der Waals surface area (Å²) >= 11 is 6.41. The fraction of sp³-hybridized carbons (Fsp3) is 0.481. The van der Waals surface area contributed by atoms with Crippen molar-refractivity contribution in [3.05, 3.63) is 35.6 Å². The summed E-state index contributed by atoms with van der Waals surface area (Å²) in [4.78, 5) is 49.7. The summed E-state index contributed by atoms with van der Waals surface area (Å²) in [5, 5.41) is 5.38. The molecule has 0 bridgehead atoms. The van der Waals surface area contributed by atoms with Gasteiger partial charge in [0.15, 0.2) is 0 Å². The van der Waals surface area contributed by atoms with E-state index in [1.54, 1.807) is 30.3 Å². The van der Waals surface area contributed by atoms with Crippen molar-refractivity contribution in [2.75, 3.05) is 38.1 Å². The van der Waals surface area contributed by atoms with Crippen LogP contribution in [0.3, 0.4) is 0 Å². The molecule has 2 saturated heterocycles. The number of ether oxygens (including phenoxy) is 1. The highest BCUT2D eigenvalue weighted by atomic mass is 35.5. The summed E-state index contributed by atoms with van der Waals surface area (Å²) in [6.07, 6.45) is 4.82. The lowest BCUT2D eigenvalue weighted by Crippen LogP contribution is -2.60. The monoisotopic (exact) mass is 525 g/mol. The predicted octanol–water partition coefficient (Wildman–Crippen LogP) is 3.62. The molecule has 0 saturated carbocycles. The molecule has 2 aromatic heterocycles. The maximum Gasteiger partial charge on any atom is 0.244 e. The number of carbonyl (C=O) groups is 3. The normalized spacial score (nSPS) is 20.9. The number of Topliss-reactive ketones (excluding diaryl/α,β-unsaturated/α-hetero) is 1. The van der Waals surface area contributed by atoms with E-state index < -0.39 is 11.6 Å². The summed E-state index contributed by atoms with van der Waals surface area (Å²) < 4.78 is 5.99. The van der Waals surface area contributed by atoms with Gasteiger partial charge in [0.05, 0.1) is 41.7 Å². The van der Waals surface area contributed by atoms with Crippen LogP contribution in [0.25, 0.3) is 21.8 Å². The fourth-order valence-electron chi connectivity index (χ4n) is 5.40. The van der Waals surface area contributed by atoms with Gasteiger partial charge in [-0.2, -0.15) is 0 Å². The number of carbonyl (C=O) groups excluding carboxylic acids is 3. The molecule has 2 N–H and O–H groups in total. The van der Waals surface area contributed by atoms with Crippen molar-refractivity contribution in [2.45, 2.75) is 45.3 Å². The number of H-pyrrole nitrogens is 1.